The summed E-state index contributed by atoms with van der Waals surface area (Å²) < 4.78 is 5.56. The third kappa shape index (κ3) is 2.33. The average molecular weight is 300 g/mol. The van der Waals surface area contributed by atoms with E-state index in [0.29, 0.717) is 11.5 Å². The van der Waals surface area contributed by atoms with Gasteiger partial charge < -0.3 is 14.2 Å². The van der Waals surface area contributed by atoms with E-state index in [4.69, 9.17) is 4.42 Å². The fraction of sp³-hybridized carbons (Fsp3) is 0.500. The first-order chi connectivity index (χ1) is 10.7. The smallest absolute Gasteiger partial charge is 0.325 e. The lowest BCUT2D eigenvalue weighted by molar-refractivity contribution is 0.0335. The summed E-state index contributed by atoms with van der Waals surface area (Å²) in [6.45, 7) is 3.31. The topological polar surface area (TPSA) is 61.6 Å². The molecule has 2 bridgehead atoms. The van der Waals surface area contributed by atoms with Gasteiger partial charge in [-0.05, 0) is 44.0 Å². The molecule has 1 atom stereocenters. The average Bonchev–Trinajstić information content (AvgIpc) is 2.97. The zero-order chi connectivity index (χ0) is 15.1. The predicted octanol–water partition coefficient (Wildman–Crippen LogP) is 2.39. The third-order valence-electron chi connectivity index (χ3n) is 4.95. The quantitative estimate of drug-likeness (QED) is 0.925. The summed E-state index contributed by atoms with van der Waals surface area (Å²) in [6.07, 6.45) is 2.37. The van der Waals surface area contributed by atoms with Crippen LogP contribution < -0.4 is 5.32 Å². The number of urea groups is 1. The normalized spacial score (nSPS) is 27.0. The van der Waals surface area contributed by atoms with Crippen LogP contribution in [0.3, 0.4) is 0 Å². The van der Waals surface area contributed by atoms with Gasteiger partial charge in [-0.1, -0.05) is 12.1 Å². The van der Waals surface area contributed by atoms with E-state index in [1.54, 1.807) is 0 Å². The van der Waals surface area contributed by atoms with Crippen LogP contribution in [0.25, 0.3) is 11.1 Å². The molecule has 22 heavy (non-hydrogen) atoms. The number of oxazole rings is 1. The van der Waals surface area contributed by atoms with Crippen molar-refractivity contribution in [3.05, 3.63) is 24.3 Å². The van der Waals surface area contributed by atoms with Crippen molar-refractivity contribution in [2.75, 3.05) is 32.0 Å². The number of nitrogens with zero attached hydrogens (tertiary/aromatic N) is 3. The lowest BCUT2D eigenvalue weighted by Crippen LogP contribution is -2.58. The van der Waals surface area contributed by atoms with E-state index in [1.807, 2.05) is 36.2 Å². The molecule has 0 aliphatic carbocycles. The van der Waals surface area contributed by atoms with Crippen molar-refractivity contribution >= 4 is 23.1 Å². The molecule has 1 aromatic carbocycles. The molecule has 5 rings (SSSR count). The lowest BCUT2D eigenvalue weighted by Gasteiger charge is -2.47. The maximum absolute atomic E-state index is 12.5. The molecular formula is C16H20N4O2. The first kappa shape index (κ1) is 13.6. The SMILES string of the molecule is CN(C(=O)Nc1nc2ccccc2o1)[C@H]1CN2CCC1CC2. The monoisotopic (exact) mass is 300 g/mol. The molecule has 3 fully saturated rings. The number of nitrogens with one attached hydrogen (secondary N) is 1. The van der Waals surface area contributed by atoms with Crippen LogP contribution in [0.5, 0.6) is 0 Å². The number of carbonyl (C=O) groups is 1. The Morgan fingerprint density at radius 2 is 2.14 bits per heavy atom. The molecule has 3 saturated heterocycles. The van der Waals surface area contributed by atoms with Crippen molar-refractivity contribution in [2.45, 2.75) is 18.9 Å². The van der Waals surface area contributed by atoms with Gasteiger partial charge in [-0.25, -0.2) is 4.79 Å². The van der Waals surface area contributed by atoms with Gasteiger partial charge in [-0.2, -0.15) is 4.98 Å². The Morgan fingerprint density at radius 1 is 1.36 bits per heavy atom. The van der Waals surface area contributed by atoms with Gasteiger partial charge in [-0.3, -0.25) is 5.32 Å². The molecule has 2 amide bonds. The maximum atomic E-state index is 12.5. The van der Waals surface area contributed by atoms with E-state index in [9.17, 15) is 4.79 Å². The summed E-state index contributed by atoms with van der Waals surface area (Å²) >= 11 is 0. The third-order valence-corrected chi connectivity index (χ3v) is 4.95. The molecule has 0 saturated carbocycles. The number of aromatic nitrogens is 1. The molecule has 1 aromatic heterocycles. The second kappa shape index (κ2) is 5.28. The predicted molar refractivity (Wildman–Crippen MR) is 83.7 cm³/mol. The second-order valence-corrected chi connectivity index (χ2v) is 6.23. The van der Waals surface area contributed by atoms with Gasteiger partial charge in [0, 0.05) is 19.6 Å². The summed E-state index contributed by atoms with van der Waals surface area (Å²) in [7, 11) is 1.87. The number of benzene rings is 1. The van der Waals surface area contributed by atoms with Gasteiger partial charge in [-0.15, -0.1) is 0 Å². The van der Waals surface area contributed by atoms with E-state index in [0.717, 1.165) is 12.1 Å². The van der Waals surface area contributed by atoms with Crippen LogP contribution in [0.2, 0.25) is 0 Å². The highest BCUT2D eigenvalue weighted by atomic mass is 16.4. The van der Waals surface area contributed by atoms with Crippen molar-refractivity contribution in [1.29, 1.82) is 0 Å². The van der Waals surface area contributed by atoms with Crippen LogP contribution in [-0.2, 0) is 0 Å². The Balaban J connectivity index is 1.47. The maximum Gasteiger partial charge on any atom is 0.325 e. The van der Waals surface area contributed by atoms with E-state index in [1.165, 1.54) is 25.9 Å². The molecule has 6 nitrogen and oxygen atoms in total. The summed E-state index contributed by atoms with van der Waals surface area (Å²) in [6, 6.07) is 7.89. The Kier molecular flexibility index (Phi) is 3.26. The number of fused-ring (bicyclic) bond motifs is 4. The number of likely N-dealkylation sites (N-methyl/N-ethyl adjacent to an activating group) is 1. The van der Waals surface area contributed by atoms with Crippen LogP contribution >= 0.6 is 0 Å². The zero-order valence-corrected chi connectivity index (χ0v) is 12.7. The summed E-state index contributed by atoms with van der Waals surface area (Å²) in [4.78, 5) is 21.0. The molecule has 116 valence electrons. The number of rotatable bonds is 2. The van der Waals surface area contributed by atoms with Crippen molar-refractivity contribution in [3.63, 3.8) is 0 Å². The van der Waals surface area contributed by atoms with Gasteiger partial charge in [0.2, 0.25) is 0 Å². The largest absolute Gasteiger partial charge is 0.423 e. The molecule has 3 aliphatic rings. The van der Waals surface area contributed by atoms with Crippen LogP contribution in [0.15, 0.2) is 28.7 Å². The van der Waals surface area contributed by atoms with Gasteiger partial charge in [0.1, 0.15) is 5.52 Å². The standard InChI is InChI=1S/C16H20N4O2/c1-19(13-10-20-8-6-11(13)7-9-20)16(21)18-15-17-12-4-2-3-5-14(12)22-15/h2-5,11,13H,6-10H2,1H3,(H,17,18,21)/t13-/m0/s1. The van der Waals surface area contributed by atoms with E-state index >= 15 is 0 Å². The number of hydrogen-bond acceptors (Lipinski definition) is 4. The summed E-state index contributed by atoms with van der Waals surface area (Å²) in [5, 5.41) is 2.78. The van der Waals surface area contributed by atoms with Crippen molar-refractivity contribution in [1.82, 2.24) is 14.8 Å². The molecule has 3 aliphatic heterocycles. The highest BCUT2D eigenvalue weighted by Crippen LogP contribution is 2.30. The van der Waals surface area contributed by atoms with Crippen LogP contribution in [0.4, 0.5) is 10.8 Å². The van der Waals surface area contributed by atoms with E-state index < -0.39 is 0 Å². The minimum absolute atomic E-state index is 0.148. The molecule has 4 heterocycles. The number of hydrogen-bond donors (Lipinski definition) is 1. The number of amides is 2. The highest BCUT2D eigenvalue weighted by Gasteiger charge is 2.38. The fourth-order valence-electron chi connectivity index (χ4n) is 3.63. The highest BCUT2D eigenvalue weighted by molar-refractivity contribution is 5.88. The van der Waals surface area contributed by atoms with Crippen LogP contribution in [0, 0.1) is 5.92 Å². The molecule has 0 unspecified atom stereocenters. The first-order valence-corrected chi connectivity index (χ1v) is 7.82. The summed E-state index contributed by atoms with van der Waals surface area (Å²) in [5.41, 5.74) is 1.44. The van der Waals surface area contributed by atoms with Crippen molar-refractivity contribution in [3.8, 4) is 0 Å². The van der Waals surface area contributed by atoms with Gasteiger partial charge in [0.05, 0.1) is 0 Å². The lowest BCUT2D eigenvalue weighted by atomic mass is 9.83. The number of para-hydroxylation sites is 2. The minimum atomic E-state index is -0.148. The Bertz CT molecular complexity index is 657. The van der Waals surface area contributed by atoms with Gasteiger partial charge in [0.25, 0.3) is 0 Å². The van der Waals surface area contributed by atoms with Crippen molar-refractivity contribution in [2.24, 2.45) is 5.92 Å². The second-order valence-electron chi connectivity index (χ2n) is 6.23. The van der Waals surface area contributed by atoms with Crippen molar-refractivity contribution < 1.29 is 9.21 Å². The number of carbonyl (C=O) groups excluding carboxylic acids is 1. The van der Waals surface area contributed by atoms with Gasteiger partial charge >= 0.3 is 12.0 Å². The molecule has 0 spiro atoms. The molecule has 1 N–H and O–H groups in total. The summed E-state index contributed by atoms with van der Waals surface area (Å²) in [5.74, 6) is 0.615. The first-order valence-electron chi connectivity index (χ1n) is 7.82. The Hall–Kier alpha value is -2.08. The number of piperidine rings is 3. The number of anilines is 1. The Morgan fingerprint density at radius 3 is 2.82 bits per heavy atom. The minimum Gasteiger partial charge on any atom is -0.423 e. The fourth-order valence-corrected chi connectivity index (χ4v) is 3.63. The van der Waals surface area contributed by atoms with Crippen LogP contribution in [-0.4, -0.2) is 53.5 Å². The Labute approximate surface area is 129 Å². The molecule has 2 aromatic rings. The van der Waals surface area contributed by atoms with Crippen LogP contribution in [0.1, 0.15) is 12.8 Å². The molecule has 0 radical (unpaired) electrons. The zero-order valence-electron chi connectivity index (χ0n) is 12.7. The van der Waals surface area contributed by atoms with Gasteiger partial charge in [0.15, 0.2) is 5.58 Å². The molecule has 6 heteroatoms. The van der Waals surface area contributed by atoms with E-state index in [2.05, 4.69) is 15.2 Å². The van der Waals surface area contributed by atoms with E-state index in [-0.39, 0.29) is 18.1 Å². The molecular weight excluding hydrogens is 280 g/mol.